The molecule has 6 nitrogen and oxygen atoms in total. The van der Waals surface area contributed by atoms with Gasteiger partial charge in [-0.15, -0.1) is 0 Å². The largest absolute Gasteiger partial charge is 0.494 e. The highest BCUT2D eigenvalue weighted by molar-refractivity contribution is 5.91. The van der Waals surface area contributed by atoms with Crippen LogP contribution in [-0.4, -0.2) is 30.8 Å². The summed E-state index contributed by atoms with van der Waals surface area (Å²) < 4.78 is 1.02. The van der Waals surface area contributed by atoms with Crippen molar-refractivity contribution in [2.24, 2.45) is 0 Å². The number of aromatic nitrogens is 2. The van der Waals surface area contributed by atoms with Crippen LogP contribution in [0.5, 0.6) is 11.8 Å². The van der Waals surface area contributed by atoms with Gasteiger partial charge < -0.3 is 15.3 Å². The summed E-state index contributed by atoms with van der Waals surface area (Å²) in [6, 6.07) is 3.92. The maximum atomic E-state index is 10.9. The smallest absolute Gasteiger partial charge is 0.339 e. The molecule has 0 saturated heterocycles. The lowest BCUT2D eigenvalue weighted by molar-refractivity contribution is 0.0696. The summed E-state index contributed by atoms with van der Waals surface area (Å²) in [5.74, 6) is -1.67. The number of hydrogen-bond acceptors (Lipinski definition) is 4. The Balaban J connectivity index is 2.69. The topological polar surface area (TPSA) is 95.6 Å². The van der Waals surface area contributed by atoms with Crippen LogP contribution in [0.25, 0.3) is 5.69 Å². The number of pyridine rings is 1. The Morgan fingerprint density at radius 3 is 2.38 bits per heavy atom. The van der Waals surface area contributed by atoms with Gasteiger partial charge in [-0.3, -0.25) is 9.55 Å². The average Bonchev–Trinajstić information content (AvgIpc) is 2.58. The predicted octanol–water partition coefficient (Wildman–Crippen LogP) is 0.982. The van der Waals surface area contributed by atoms with Crippen LogP contribution in [0.15, 0.2) is 30.6 Å². The van der Waals surface area contributed by atoms with Crippen molar-refractivity contribution < 1.29 is 20.1 Å². The summed E-state index contributed by atoms with van der Waals surface area (Å²) in [6.45, 7) is 0. The zero-order valence-corrected chi connectivity index (χ0v) is 8.03. The molecule has 2 rings (SSSR count). The van der Waals surface area contributed by atoms with Crippen molar-refractivity contribution in [3.63, 3.8) is 0 Å². The molecule has 0 bridgehead atoms. The molecule has 2 aromatic rings. The van der Waals surface area contributed by atoms with Crippen molar-refractivity contribution in [3.8, 4) is 17.4 Å². The lowest BCUT2D eigenvalue weighted by Gasteiger charge is -2.08. The molecule has 0 unspecified atom stereocenters. The van der Waals surface area contributed by atoms with Gasteiger partial charge in [-0.05, 0) is 6.07 Å². The summed E-state index contributed by atoms with van der Waals surface area (Å²) in [7, 11) is 0. The van der Waals surface area contributed by atoms with Gasteiger partial charge in [0.2, 0.25) is 0 Å². The van der Waals surface area contributed by atoms with Gasteiger partial charge in [0, 0.05) is 24.5 Å². The zero-order valence-electron chi connectivity index (χ0n) is 8.03. The monoisotopic (exact) mass is 220 g/mol. The lowest BCUT2D eigenvalue weighted by atomic mass is 10.2. The molecule has 0 spiro atoms. The van der Waals surface area contributed by atoms with E-state index in [0.29, 0.717) is 0 Å². The molecule has 82 valence electrons. The summed E-state index contributed by atoms with van der Waals surface area (Å²) in [5, 5.41) is 27.9. The van der Waals surface area contributed by atoms with Crippen LogP contribution in [0.1, 0.15) is 10.4 Å². The Kier molecular flexibility index (Phi) is 2.24. The van der Waals surface area contributed by atoms with Gasteiger partial charge in [0.15, 0.2) is 11.8 Å². The van der Waals surface area contributed by atoms with E-state index in [1.807, 2.05) is 0 Å². The number of hydrogen-bond donors (Lipinski definition) is 3. The highest BCUT2D eigenvalue weighted by Gasteiger charge is 2.16. The molecule has 2 heterocycles. The second kappa shape index (κ2) is 3.58. The summed E-state index contributed by atoms with van der Waals surface area (Å²) in [6.07, 6.45) is 2.52. The standard InChI is InChI=1S/C10H8N2O4/c13-8-1-2-9(14)12(8)7-3-4-11-5-6(7)10(15)16/h1-5,13-14H,(H,15,16). The quantitative estimate of drug-likeness (QED) is 0.701. The number of carbonyl (C=O) groups is 1. The van der Waals surface area contributed by atoms with Crippen LogP contribution in [0.2, 0.25) is 0 Å². The fourth-order valence-electron chi connectivity index (χ4n) is 1.41. The number of nitrogens with zero attached hydrogens (tertiary/aromatic N) is 2. The van der Waals surface area contributed by atoms with Crippen molar-refractivity contribution >= 4 is 5.97 Å². The average molecular weight is 220 g/mol. The first-order valence-corrected chi connectivity index (χ1v) is 4.38. The molecule has 6 heteroatoms. The van der Waals surface area contributed by atoms with Gasteiger partial charge in [-0.1, -0.05) is 0 Å². The minimum atomic E-state index is -1.18. The number of carboxylic acid groups (broad SMARTS) is 1. The van der Waals surface area contributed by atoms with E-state index in [1.54, 1.807) is 0 Å². The summed E-state index contributed by atoms with van der Waals surface area (Å²) >= 11 is 0. The zero-order chi connectivity index (χ0) is 11.7. The Labute approximate surface area is 90.0 Å². The Morgan fingerprint density at radius 2 is 1.81 bits per heavy atom. The van der Waals surface area contributed by atoms with E-state index in [9.17, 15) is 15.0 Å². The molecule has 3 N–H and O–H groups in total. The van der Waals surface area contributed by atoms with E-state index in [0.717, 1.165) is 10.8 Å². The van der Waals surface area contributed by atoms with Crippen LogP contribution in [-0.2, 0) is 0 Å². The second-order valence-corrected chi connectivity index (χ2v) is 3.08. The molecule has 0 radical (unpaired) electrons. The third-order valence-corrected chi connectivity index (χ3v) is 2.11. The van der Waals surface area contributed by atoms with Crippen LogP contribution < -0.4 is 0 Å². The van der Waals surface area contributed by atoms with E-state index in [1.165, 1.54) is 24.4 Å². The van der Waals surface area contributed by atoms with Crippen LogP contribution >= 0.6 is 0 Å². The van der Waals surface area contributed by atoms with Gasteiger partial charge in [0.05, 0.1) is 5.69 Å². The minimum Gasteiger partial charge on any atom is -0.494 e. The van der Waals surface area contributed by atoms with Gasteiger partial charge in [0.25, 0.3) is 0 Å². The molecule has 16 heavy (non-hydrogen) atoms. The van der Waals surface area contributed by atoms with Crippen molar-refractivity contribution in [2.45, 2.75) is 0 Å². The van der Waals surface area contributed by atoms with Crippen molar-refractivity contribution in [2.75, 3.05) is 0 Å². The van der Waals surface area contributed by atoms with Gasteiger partial charge in [-0.2, -0.15) is 0 Å². The highest BCUT2D eigenvalue weighted by Crippen LogP contribution is 2.28. The first-order valence-electron chi connectivity index (χ1n) is 4.38. The predicted molar refractivity (Wildman–Crippen MR) is 53.9 cm³/mol. The summed E-state index contributed by atoms with van der Waals surface area (Å²) in [5.41, 5.74) is 0.0480. The third kappa shape index (κ3) is 1.46. The Hall–Kier alpha value is -2.50. The molecule has 0 aromatic carbocycles. The van der Waals surface area contributed by atoms with Crippen LogP contribution in [0.3, 0.4) is 0 Å². The van der Waals surface area contributed by atoms with E-state index >= 15 is 0 Å². The third-order valence-electron chi connectivity index (χ3n) is 2.11. The van der Waals surface area contributed by atoms with E-state index in [-0.39, 0.29) is 23.0 Å². The first kappa shape index (κ1) is 10.0. The maximum Gasteiger partial charge on any atom is 0.339 e. The molecule has 0 aliphatic heterocycles. The molecule has 0 atom stereocenters. The molecular weight excluding hydrogens is 212 g/mol. The number of rotatable bonds is 2. The molecule has 0 amide bonds. The molecule has 0 aliphatic rings. The molecule has 0 saturated carbocycles. The Morgan fingerprint density at radius 1 is 1.19 bits per heavy atom. The van der Waals surface area contributed by atoms with Gasteiger partial charge in [0.1, 0.15) is 5.56 Å². The van der Waals surface area contributed by atoms with Crippen LogP contribution in [0.4, 0.5) is 0 Å². The van der Waals surface area contributed by atoms with Gasteiger partial charge >= 0.3 is 5.97 Å². The number of aromatic hydroxyl groups is 2. The summed E-state index contributed by atoms with van der Waals surface area (Å²) in [4.78, 5) is 14.6. The van der Waals surface area contributed by atoms with Crippen molar-refractivity contribution in [1.29, 1.82) is 0 Å². The maximum absolute atomic E-state index is 10.9. The van der Waals surface area contributed by atoms with E-state index in [4.69, 9.17) is 5.11 Å². The lowest BCUT2D eigenvalue weighted by Crippen LogP contribution is -2.05. The highest BCUT2D eigenvalue weighted by atomic mass is 16.4. The van der Waals surface area contributed by atoms with Gasteiger partial charge in [-0.25, -0.2) is 4.79 Å². The van der Waals surface area contributed by atoms with Crippen molar-refractivity contribution in [1.82, 2.24) is 9.55 Å². The van der Waals surface area contributed by atoms with Crippen LogP contribution in [0, 0.1) is 0 Å². The fourth-order valence-corrected chi connectivity index (χ4v) is 1.41. The normalized spacial score (nSPS) is 10.2. The second-order valence-electron chi connectivity index (χ2n) is 3.08. The SMILES string of the molecule is O=C(O)c1cnccc1-n1c(O)ccc1O. The Bertz CT molecular complexity index is 528. The fraction of sp³-hybridized carbons (Fsp3) is 0. The minimum absolute atomic E-state index is 0.107. The van der Waals surface area contributed by atoms with E-state index in [2.05, 4.69) is 4.98 Å². The first-order chi connectivity index (χ1) is 7.61. The molecular formula is C10H8N2O4. The number of carboxylic acids is 1. The van der Waals surface area contributed by atoms with Crippen molar-refractivity contribution in [3.05, 3.63) is 36.2 Å². The number of aromatic carboxylic acids is 1. The molecule has 2 aromatic heterocycles. The molecule has 0 fully saturated rings. The van der Waals surface area contributed by atoms with E-state index < -0.39 is 5.97 Å². The molecule has 0 aliphatic carbocycles.